The van der Waals surface area contributed by atoms with E-state index in [1.807, 2.05) is 159 Å². The summed E-state index contributed by atoms with van der Waals surface area (Å²) in [6.07, 6.45) is -1.45. The fourth-order valence-corrected chi connectivity index (χ4v) is 8.66. The van der Waals surface area contributed by atoms with Crippen molar-refractivity contribution in [1.29, 1.82) is 0 Å². The van der Waals surface area contributed by atoms with E-state index in [-0.39, 0.29) is 29.2 Å². The molecule has 16 heteroatoms. The zero-order valence-electron chi connectivity index (χ0n) is 26.7. The molecule has 0 heterocycles. The lowest BCUT2D eigenvalue weighted by Gasteiger charge is -2.26. The van der Waals surface area contributed by atoms with E-state index in [1.54, 1.807) is 49.9 Å². The molecule has 0 radical (unpaired) electrons. The molecular weight excluding hydrogens is 1390 g/mol. The highest BCUT2D eigenvalue weighted by atomic mass is 127. The van der Waals surface area contributed by atoms with Gasteiger partial charge in [-0.1, -0.05) is 12.1 Å². The number of phenolic OH excluding ortho intramolecular Hbond substituents is 1. The molecule has 0 fully saturated rings. The molecule has 4 rings (SSSR count). The highest BCUT2D eigenvalue weighted by Crippen LogP contribution is 2.38. The smallest absolute Gasteiger partial charge is 0.336 e. The fraction of sp³-hybridized carbons (Fsp3) is 0.133. The first-order chi connectivity index (χ1) is 23.4. The summed E-state index contributed by atoms with van der Waals surface area (Å²) in [5.41, 5.74) is 0.848. The summed E-state index contributed by atoms with van der Waals surface area (Å²) in [6, 6.07) is 16.6. The van der Waals surface area contributed by atoms with E-state index in [2.05, 4.69) is 0 Å². The number of nitrogens with two attached hydrogens (primary N) is 1. The van der Waals surface area contributed by atoms with Gasteiger partial charge < -0.3 is 30.1 Å². The molecule has 1 unspecified atom stereocenters. The molecule has 242 valence electrons. The number of hydrogen-bond acceptors (Lipinski definition) is 8. The first-order valence-corrected chi connectivity index (χ1v) is 19.9. The lowest BCUT2D eigenvalue weighted by atomic mass is 10.1. The maximum absolute atomic E-state index is 13.3. The Bertz CT molecular complexity index is 1850. The summed E-state index contributed by atoms with van der Waals surface area (Å²) in [5, 5.41) is 19.7. The molecule has 46 heavy (non-hydrogen) atoms. The summed E-state index contributed by atoms with van der Waals surface area (Å²) in [7, 11) is 0. The van der Waals surface area contributed by atoms with Crippen molar-refractivity contribution in [2.24, 2.45) is 5.72 Å². The summed E-state index contributed by atoms with van der Waals surface area (Å²) >= 11 is 13.8. The largest absolute Gasteiger partial charge is 0.506 e. The number of carboxylic acid groups (broad SMARTS) is 1. The van der Waals surface area contributed by atoms with E-state index in [1.165, 1.54) is 24.3 Å². The van der Waals surface area contributed by atoms with Crippen molar-refractivity contribution in [3.8, 4) is 34.5 Å². The van der Waals surface area contributed by atoms with Gasteiger partial charge in [0.15, 0.2) is 9.30 Å². The van der Waals surface area contributed by atoms with Gasteiger partial charge in [-0.15, -0.1) is 0 Å². The Morgan fingerprint density at radius 1 is 0.848 bits per heavy atom. The normalized spacial score (nSPS) is 15.8. The number of nitrogens with zero attached hydrogens (tertiary/aromatic N) is 1. The minimum absolute atomic E-state index is 0.0173. The molecule has 0 aliphatic carbocycles. The third-order valence-corrected chi connectivity index (χ3v) is 14.0. The summed E-state index contributed by atoms with van der Waals surface area (Å²) in [5.74, 6) is -0.240. The lowest BCUT2D eigenvalue weighted by Crippen LogP contribution is -2.41. The number of aromatic hydroxyl groups is 1. The third kappa shape index (κ3) is 10.4. The van der Waals surface area contributed by atoms with Crippen LogP contribution in [-0.4, -0.2) is 33.0 Å². The van der Waals surface area contributed by atoms with Crippen molar-refractivity contribution < 1.29 is 39.6 Å². The molecule has 0 saturated heterocycles. The zero-order chi connectivity index (χ0) is 37.1. The Hall–Kier alpha value is 0.250. The van der Waals surface area contributed by atoms with Gasteiger partial charge in [-0.2, -0.15) is 1.33 Å². The molecule has 0 aliphatic heterocycles. The average Bonchev–Trinajstić information content (AvgIpc) is 3.05. The van der Waals surface area contributed by atoms with Gasteiger partial charge in [-0.3, -0.25) is 0 Å². The minimum Gasteiger partial charge on any atom is -0.506 e. The second kappa shape index (κ2) is 17.5. The molecule has 3 atom stereocenters. The standard InChI is InChI=1S/C30H21I7N2O7/c31-21-12-20(13-22(32)26(21)40)45-27-23(33)9-16(10-24(27)34)11-25(38)28(41)46-19-7-5-18(6-8-19)44-17-3-1-15(2-4-17)14-30(35,29(42)43)39(36)37/h1-10,12-13,25,40H,11,14,38H2,(H,42,43)/t25-,30-/m0/s1/i11T,25T/hT2/t11?,25-,30-. The van der Waals surface area contributed by atoms with Crippen LogP contribution in [0.1, 0.15) is 13.9 Å². The number of hydrogen-bond donors (Lipinski definition) is 3. The number of carbonyl (C=O) groups excluding carboxylic acids is 1. The number of benzene rings is 4. The number of halogens is 7. The molecule has 0 bridgehead atoms. The van der Waals surface area contributed by atoms with Gasteiger partial charge >= 0.3 is 11.9 Å². The van der Waals surface area contributed by atoms with Crippen molar-refractivity contribution in [2.45, 2.75) is 22.4 Å². The summed E-state index contributed by atoms with van der Waals surface area (Å²) in [4.78, 5) is 25.1. The molecule has 4 N–H and O–H groups in total. The van der Waals surface area contributed by atoms with Gasteiger partial charge in [-0.25, -0.2) is 9.59 Å². The Labute approximate surface area is 366 Å². The number of phenols is 1. The second-order valence-electron chi connectivity index (χ2n) is 9.26. The van der Waals surface area contributed by atoms with E-state index in [4.69, 9.17) is 19.8 Å². The predicted octanol–water partition coefficient (Wildman–Crippen LogP) is 9.63. The van der Waals surface area contributed by atoms with Gasteiger partial charge in [0.25, 0.3) is 0 Å². The Morgan fingerprint density at radius 2 is 1.37 bits per heavy atom. The molecule has 0 amide bonds. The van der Waals surface area contributed by atoms with Gasteiger partial charge in [0, 0.05) is 53.5 Å². The fourth-order valence-electron chi connectivity index (χ4n) is 3.72. The van der Waals surface area contributed by atoms with E-state index < -0.39 is 27.9 Å². The van der Waals surface area contributed by atoms with E-state index in [0.29, 0.717) is 37.3 Å². The van der Waals surface area contributed by atoms with Crippen LogP contribution < -0.4 is 19.9 Å². The van der Waals surface area contributed by atoms with Gasteiger partial charge in [-0.05, 0) is 191 Å². The van der Waals surface area contributed by atoms with Crippen LogP contribution >= 0.6 is 159 Å². The lowest BCUT2D eigenvalue weighted by molar-refractivity contribution is -0.140. The van der Waals surface area contributed by atoms with Gasteiger partial charge in [0.05, 0.1) is 15.7 Å². The van der Waals surface area contributed by atoms with Crippen LogP contribution in [0.4, 0.5) is 0 Å². The first kappa shape index (κ1) is 33.4. The molecule has 9 nitrogen and oxygen atoms in total. The van der Waals surface area contributed by atoms with E-state index >= 15 is 0 Å². The highest BCUT2D eigenvalue weighted by Gasteiger charge is 2.40. The number of aliphatic carboxylic acids is 1. The van der Waals surface area contributed by atoms with Gasteiger partial charge in [0.1, 0.15) is 37.6 Å². The van der Waals surface area contributed by atoms with Gasteiger partial charge in [0.2, 0.25) is 0 Å². The molecule has 4 aromatic carbocycles. The number of ether oxygens (including phenoxy) is 3. The number of rotatable bonds is 13. The minimum atomic E-state index is -2.77. The van der Waals surface area contributed by atoms with Crippen molar-refractivity contribution >= 4 is 171 Å². The van der Waals surface area contributed by atoms with Crippen molar-refractivity contribution in [3.05, 3.63) is 98.2 Å². The molecule has 0 saturated carbocycles. The van der Waals surface area contributed by atoms with Crippen LogP contribution in [0.5, 0.6) is 34.5 Å². The topological polar surface area (TPSA) is 132 Å². The molecular formula is C30H21I7N2O7. The molecule has 0 aliphatic rings. The van der Waals surface area contributed by atoms with Crippen molar-refractivity contribution in [1.82, 2.24) is 1.33 Å². The van der Waals surface area contributed by atoms with Crippen LogP contribution in [0.25, 0.3) is 0 Å². The van der Waals surface area contributed by atoms with Crippen LogP contribution in [-0.2, 0) is 22.4 Å². The van der Waals surface area contributed by atoms with Crippen LogP contribution in [0.15, 0.2) is 72.8 Å². The first-order valence-electron chi connectivity index (χ1n) is 14.5. The maximum Gasteiger partial charge on any atom is 0.336 e. The molecule has 0 aromatic heterocycles. The number of carboxylic acids is 1. The quantitative estimate of drug-likeness (QED) is 0.0299. The van der Waals surface area contributed by atoms with Crippen LogP contribution in [0.2, 0.25) is 2.82 Å². The number of alkyl halides is 1. The second-order valence-corrected chi connectivity index (χ2v) is 19.5. The van der Waals surface area contributed by atoms with Crippen molar-refractivity contribution in [3.63, 3.8) is 0 Å². The Balaban J connectivity index is 1.46. The Kier molecular flexibility index (Phi) is 12.7. The van der Waals surface area contributed by atoms with Crippen molar-refractivity contribution in [2.75, 3.05) is 0 Å². The average molecular weight is 1420 g/mol. The number of esters is 1. The third-order valence-electron chi connectivity index (χ3n) is 5.97. The number of carbonyl (C=O) groups is 2. The Morgan fingerprint density at radius 3 is 1.87 bits per heavy atom. The predicted molar refractivity (Wildman–Crippen MR) is 234 cm³/mol. The maximum atomic E-state index is 13.3. The van der Waals surface area contributed by atoms with E-state index in [0.717, 1.165) is 5.56 Å². The SMILES string of the molecule is [3H]C(c1cc(I)c(Oc2cc(I)c(O)c(I)c2)c(I)c1)[C@@]([3H])(C(=O)Oc1ccc(Oc2ccc(C[C@@](I)(C(=O)O)N(I)I)cc2)cc1)N([3H])[3H]. The molecule has 0 spiro atoms. The summed E-state index contributed by atoms with van der Waals surface area (Å²) in [6.45, 7) is 0. The van der Waals surface area contributed by atoms with Crippen LogP contribution in [0.3, 0.4) is 0 Å². The van der Waals surface area contributed by atoms with E-state index in [9.17, 15) is 19.8 Å². The monoisotopic (exact) mass is 1420 g/mol. The summed E-state index contributed by atoms with van der Waals surface area (Å²) < 4.78 is 53.6. The molecule has 4 aromatic rings. The zero-order valence-corrected chi connectivity index (χ0v) is 37.8. The highest BCUT2D eigenvalue weighted by molar-refractivity contribution is 14.2. The van der Waals surface area contributed by atoms with Crippen LogP contribution in [0, 0.1) is 14.3 Å².